The molecule has 0 unspecified atom stereocenters. The van der Waals surface area contributed by atoms with E-state index in [0.29, 0.717) is 0 Å². The molecule has 0 aliphatic carbocycles. The van der Waals surface area contributed by atoms with Gasteiger partial charge < -0.3 is 4.98 Å². The van der Waals surface area contributed by atoms with Gasteiger partial charge in [-0.15, -0.1) is 0 Å². The fraction of sp³-hybridized carbons (Fsp3) is 0. The van der Waals surface area contributed by atoms with Crippen molar-refractivity contribution in [1.29, 1.82) is 0 Å². The van der Waals surface area contributed by atoms with Crippen molar-refractivity contribution in [3.8, 4) is 22.5 Å². The van der Waals surface area contributed by atoms with Gasteiger partial charge in [0.1, 0.15) is 0 Å². The van der Waals surface area contributed by atoms with E-state index in [1.807, 2.05) is 42.7 Å². The zero-order valence-corrected chi connectivity index (χ0v) is 8.64. The van der Waals surface area contributed by atoms with E-state index in [1.165, 1.54) is 5.56 Å². The molecule has 3 nitrogen and oxygen atoms in total. The molecule has 3 aromatic rings. The summed E-state index contributed by atoms with van der Waals surface area (Å²) in [5, 5.41) is 7.13. The Morgan fingerprint density at radius 1 is 0.938 bits per heavy atom. The van der Waals surface area contributed by atoms with Crippen LogP contribution in [0.25, 0.3) is 22.5 Å². The average molecular weight is 209 g/mol. The number of hydrogen-bond donors (Lipinski definition) is 2. The Labute approximate surface area is 93.2 Å². The molecular formula is C13H11N3. The minimum absolute atomic E-state index is 1.02. The minimum Gasteiger partial charge on any atom is -0.360 e. The lowest BCUT2D eigenvalue weighted by molar-refractivity contribution is 1.09. The van der Waals surface area contributed by atoms with Crippen LogP contribution in [0.4, 0.5) is 0 Å². The lowest BCUT2D eigenvalue weighted by Crippen LogP contribution is -1.81. The summed E-state index contributed by atoms with van der Waals surface area (Å²) in [5.74, 6) is 0. The van der Waals surface area contributed by atoms with Crippen LogP contribution in [0.3, 0.4) is 0 Å². The molecule has 78 valence electrons. The molecule has 3 rings (SSSR count). The molecule has 0 saturated heterocycles. The second-order valence-electron chi connectivity index (χ2n) is 3.61. The van der Waals surface area contributed by atoms with Crippen LogP contribution in [0, 0.1) is 0 Å². The maximum Gasteiger partial charge on any atom is 0.0890 e. The topological polar surface area (TPSA) is 44.5 Å². The Hall–Kier alpha value is -2.29. The highest BCUT2D eigenvalue weighted by Crippen LogP contribution is 2.28. The molecule has 0 amide bonds. The number of nitrogens with one attached hydrogen (secondary N) is 2. The molecule has 2 heterocycles. The summed E-state index contributed by atoms with van der Waals surface area (Å²) < 4.78 is 0. The fourth-order valence-corrected chi connectivity index (χ4v) is 1.81. The minimum atomic E-state index is 1.02. The summed E-state index contributed by atoms with van der Waals surface area (Å²) in [4.78, 5) is 3.18. The van der Waals surface area contributed by atoms with Crippen molar-refractivity contribution >= 4 is 0 Å². The van der Waals surface area contributed by atoms with Crippen LogP contribution >= 0.6 is 0 Å². The first-order valence-electron chi connectivity index (χ1n) is 5.18. The smallest absolute Gasteiger partial charge is 0.0890 e. The lowest BCUT2D eigenvalue weighted by atomic mass is 10.1. The van der Waals surface area contributed by atoms with Gasteiger partial charge >= 0.3 is 0 Å². The normalized spacial score (nSPS) is 10.5. The molecule has 0 bridgehead atoms. The third kappa shape index (κ3) is 1.42. The standard InChI is InChI=1S/C13H11N3/c1-2-5-10(6-3-1)11-9-15-16-13(11)12-7-4-8-14-12/h1-9,14H,(H,15,16). The Morgan fingerprint density at radius 2 is 1.81 bits per heavy atom. The van der Waals surface area contributed by atoms with E-state index in [2.05, 4.69) is 27.3 Å². The summed E-state index contributed by atoms with van der Waals surface area (Å²) >= 11 is 0. The van der Waals surface area contributed by atoms with Gasteiger partial charge in [0, 0.05) is 11.8 Å². The van der Waals surface area contributed by atoms with Crippen molar-refractivity contribution in [3.05, 3.63) is 54.9 Å². The van der Waals surface area contributed by atoms with E-state index in [-0.39, 0.29) is 0 Å². The maximum atomic E-state index is 4.11. The van der Waals surface area contributed by atoms with Gasteiger partial charge in [0.15, 0.2) is 0 Å². The van der Waals surface area contributed by atoms with Gasteiger partial charge in [0.05, 0.1) is 17.6 Å². The summed E-state index contributed by atoms with van der Waals surface area (Å²) in [6.07, 6.45) is 3.76. The van der Waals surface area contributed by atoms with Crippen LogP contribution in [-0.2, 0) is 0 Å². The van der Waals surface area contributed by atoms with E-state index in [4.69, 9.17) is 0 Å². The molecule has 0 aliphatic rings. The van der Waals surface area contributed by atoms with Crippen LogP contribution < -0.4 is 0 Å². The van der Waals surface area contributed by atoms with Crippen molar-refractivity contribution in [1.82, 2.24) is 15.2 Å². The molecule has 3 heteroatoms. The Bertz CT molecular complexity index is 564. The third-order valence-electron chi connectivity index (χ3n) is 2.59. The summed E-state index contributed by atoms with van der Waals surface area (Å²) in [5.41, 5.74) is 4.36. The first-order chi connectivity index (χ1) is 7.95. The highest BCUT2D eigenvalue weighted by Gasteiger charge is 2.09. The number of aromatic amines is 2. The second kappa shape index (κ2) is 3.70. The van der Waals surface area contributed by atoms with E-state index in [1.54, 1.807) is 0 Å². The van der Waals surface area contributed by atoms with Crippen LogP contribution in [0.5, 0.6) is 0 Å². The van der Waals surface area contributed by atoms with Crippen LogP contribution in [0.15, 0.2) is 54.9 Å². The number of aromatic nitrogens is 3. The predicted molar refractivity (Wildman–Crippen MR) is 63.8 cm³/mol. The van der Waals surface area contributed by atoms with Crippen molar-refractivity contribution in [2.24, 2.45) is 0 Å². The number of benzene rings is 1. The molecule has 1 aromatic carbocycles. The summed E-state index contributed by atoms with van der Waals surface area (Å²) in [7, 11) is 0. The molecular weight excluding hydrogens is 198 g/mol. The number of rotatable bonds is 2. The zero-order valence-electron chi connectivity index (χ0n) is 8.64. The molecule has 0 spiro atoms. The van der Waals surface area contributed by atoms with Gasteiger partial charge in [-0.25, -0.2) is 0 Å². The van der Waals surface area contributed by atoms with Crippen molar-refractivity contribution in [3.63, 3.8) is 0 Å². The van der Waals surface area contributed by atoms with Crippen molar-refractivity contribution in [2.45, 2.75) is 0 Å². The SMILES string of the molecule is c1ccc(-c2cn[nH]c2-c2ccc[nH]2)cc1. The number of hydrogen-bond acceptors (Lipinski definition) is 1. The Balaban J connectivity index is 2.14. The number of H-pyrrole nitrogens is 2. The molecule has 2 N–H and O–H groups in total. The van der Waals surface area contributed by atoms with Gasteiger partial charge in [-0.05, 0) is 17.7 Å². The highest BCUT2D eigenvalue weighted by atomic mass is 15.1. The van der Waals surface area contributed by atoms with Gasteiger partial charge in [-0.1, -0.05) is 30.3 Å². The Kier molecular flexibility index (Phi) is 2.07. The van der Waals surface area contributed by atoms with Gasteiger partial charge in [-0.3, -0.25) is 5.10 Å². The molecule has 0 aliphatic heterocycles. The van der Waals surface area contributed by atoms with Crippen molar-refractivity contribution in [2.75, 3.05) is 0 Å². The lowest BCUT2D eigenvalue weighted by Gasteiger charge is -2.00. The molecule has 0 atom stereocenters. The molecule has 0 radical (unpaired) electrons. The first kappa shape index (κ1) is 8.97. The van der Waals surface area contributed by atoms with Crippen LogP contribution in [-0.4, -0.2) is 15.2 Å². The number of nitrogens with zero attached hydrogens (tertiary/aromatic N) is 1. The van der Waals surface area contributed by atoms with E-state index in [9.17, 15) is 0 Å². The maximum absolute atomic E-state index is 4.11. The second-order valence-corrected chi connectivity index (χ2v) is 3.61. The quantitative estimate of drug-likeness (QED) is 0.669. The Morgan fingerprint density at radius 3 is 2.56 bits per heavy atom. The monoisotopic (exact) mass is 209 g/mol. The van der Waals surface area contributed by atoms with Crippen molar-refractivity contribution < 1.29 is 0 Å². The van der Waals surface area contributed by atoms with E-state index >= 15 is 0 Å². The highest BCUT2D eigenvalue weighted by molar-refractivity contribution is 5.78. The third-order valence-corrected chi connectivity index (χ3v) is 2.59. The zero-order chi connectivity index (χ0) is 10.8. The summed E-state index contributed by atoms with van der Waals surface area (Å²) in [6, 6.07) is 14.2. The van der Waals surface area contributed by atoms with Gasteiger partial charge in [0.25, 0.3) is 0 Å². The summed E-state index contributed by atoms with van der Waals surface area (Å²) in [6.45, 7) is 0. The van der Waals surface area contributed by atoms with E-state index in [0.717, 1.165) is 17.0 Å². The van der Waals surface area contributed by atoms with E-state index < -0.39 is 0 Å². The van der Waals surface area contributed by atoms with Gasteiger partial charge in [0.2, 0.25) is 0 Å². The van der Waals surface area contributed by atoms with Crippen LogP contribution in [0.1, 0.15) is 0 Å². The average Bonchev–Trinajstić information content (AvgIpc) is 3.01. The molecule has 2 aromatic heterocycles. The predicted octanol–water partition coefficient (Wildman–Crippen LogP) is 3.07. The molecule has 0 fully saturated rings. The van der Waals surface area contributed by atoms with Crippen LogP contribution in [0.2, 0.25) is 0 Å². The molecule has 0 saturated carbocycles. The van der Waals surface area contributed by atoms with Gasteiger partial charge in [-0.2, -0.15) is 5.10 Å². The molecule has 16 heavy (non-hydrogen) atoms. The largest absolute Gasteiger partial charge is 0.360 e. The first-order valence-corrected chi connectivity index (χ1v) is 5.18. The fourth-order valence-electron chi connectivity index (χ4n) is 1.81.